The smallest absolute Gasteiger partial charge is 0.337 e. The highest BCUT2D eigenvalue weighted by Gasteiger charge is 2.28. The number of benzene rings is 2. The van der Waals surface area contributed by atoms with E-state index in [-0.39, 0.29) is 9.78 Å². The average Bonchev–Trinajstić information content (AvgIpc) is 3.30. The molecule has 3 aromatic rings. The molecule has 0 unspecified atom stereocenters. The highest BCUT2D eigenvalue weighted by molar-refractivity contribution is 7.91. The van der Waals surface area contributed by atoms with Crippen molar-refractivity contribution >= 4 is 39.0 Å². The van der Waals surface area contributed by atoms with E-state index >= 15 is 0 Å². The number of nitrogens with zero attached hydrogens (tertiary/aromatic N) is 1. The maximum absolute atomic E-state index is 12.8. The first-order valence-corrected chi connectivity index (χ1v) is 12.0. The molecule has 0 amide bonds. The van der Waals surface area contributed by atoms with E-state index in [4.69, 9.17) is 4.74 Å². The van der Waals surface area contributed by atoms with Crippen molar-refractivity contribution in [1.29, 1.82) is 0 Å². The third kappa shape index (κ3) is 4.77. The van der Waals surface area contributed by atoms with E-state index in [2.05, 4.69) is 0 Å². The minimum absolute atomic E-state index is 0.0564. The molecule has 2 heterocycles. The molecule has 1 aliphatic heterocycles. The number of carbonyl (C=O) groups is 1. The van der Waals surface area contributed by atoms with Crippen LogP contribution in [-0.4, -0.2) is 50.1 Å². The predicted octanol–water partition coefficient (Wildman–Crippen LogP) is 4.06. The fourth-order valence-corrected chi connectivity index (χ4v) is 6.20. The van der Waals surface area contributed by atoms with Crippen LogP contribution < -0.4 is 0 Å². The Balaban J connectivity index is 1.61. The van der Waals surface area contributed by atoms with Crippen LogP contribution in [-0.2, 0) is 19.6 Å². The van der Waals surface area contributed by atoms with Crippen LogP contribution in [0.4, 0.5) is 0 Å². The molecule has 160 valence electrons. The molecule has 1 N–H and O–H groups in total. The van der Waals surface area contributed by atoms with E-state index in [1.165, 1.54) is 10.4 Å². The Morgan fingerprint density at radius 1 is 0.935 bits per heavy atom. The highest BCUT2D eigenvalue weighted by Crippen LogP contribution is 2.31. The zero-order valence-electron chi connectivity index (χ0n) is 16.6. The number of aliphatic carboxylic acids is 1. The van der Waals surface area contributed by atoms with Crippen molar-refractivity contribution in [2.24, 2.45) is 0 Å². The number of thiophene rings is 1. The number of sulfonamides is 1. The molecule has 0 radical (unpaired) electrons. The molecule has 0 spiro atoms. The van der Waals surface area contributed by atoms with E-state index < -0.39 is 16.0 Å². The second-order valence-electron chi connectivity index (χ2n) is 6.99. The average molecular weight is 456 g/mol. The third-order valence-corrected chi connectivity index (χ3v) is 8.45. The summed E-state index contributed by atoms with van der Waals surface area (Å²) in [5.74, 6) is -1.11. The highest BCUT2D eigenvalue weighted by atomic mass is 32.2. The van der Waals surface area contributed by atoms with Crippen LogP contribution in [0.15, 0.2) is 70.9 Å². The van der Waals surface area contributed by atoms with Gasteiger partial charge in [-0.3, -0.25) is 0 Å². The molecule has 0 saturated carbocycles. The lowest BCUT2D eigenvalue weighted by Gasteiger charge is -2.25. The second-order valence-corrected chi connectivity index (χ2v) is 10.2. The topological polar surface area (TPSA) is 83.9 Å². The summed E-state index contributed by atoms with van der Waals surface area (Å²) < 4.78 is 32.4. The fourth-order valence-electron chi connectivity index (χ4n) is 3.33. The van der Waals surface area contributed by atoms with Gasteiger partial charge in [-0.15, -0.1) is 11.3 Å². The lowest BCUT2D eigenvalue weighted by atomic mass is 10.0. The third-order valence-electron chi connectivity index (χ3n) is 4.97. The maximum atomic E-state index is 12.8. The number of hydrogen-bond donors (Lipinski definition) is 1. The molecule has 31 heavy (non-hydrogen) atoms. The summed E-state index contributed by atoms with van der Waals surface area (Å²) in [6.45, 7) is 1.31. The molecular weight excluding hydrogens is 434 g/mol. The number of rotatable bonds is 6. The summed E-state index contributed by atoms with van der Waals surface area (Å²) in [5.41, 5.74) is 2.89. The van der Waals surface area contributed by atoms with Gasteiger partial charge in [0.25, 0.3) is 10.0 Å². The van der Waals surface area contributed by atoms with Gasteiger partial charge in [0.2, 0.25) is 0 Å². The summed E-state index contributed by atoms with van der Waals surface area (Å²) in [4.78, 5) is 12.3. The van der Waals surface area contributed by atoms with Crippen molar-refractivity contribution in [1.82, 2.24) is 4.31 Å². The van der Waals surface area contributed by atoms with Crippen molar-refractivity contribution in [3.05, 3.63) is 77.2 Å². The van der Waals surface area contributed by atoms with Crippen molar-refractivity contribution in [3.63, 3.8) is 0 Å². The molecule has 0 bridgehead atoms. The Morgan fingerprint density at radius 2 is 1.58 bits per heavy atom. The number of hydrogen-bond acceptors (Lipinski definition) is 5. The molecule has 0 atom stereocenters. The normalized spacial score (nSPS) is 15.7. The van der Waals surface area contributed by atoms with Crippen molar-refractivity contribution in [2.45, 2.75) is 4.21 Å². The minimum Gasteiger partial charge on any atom is -0.478 e. The van der Waals surface area contributed by atoms with Gasteiger partial charge < -0.3 is 9.84 Å². The number of morpholine rings is 1. The summed E-state index contributed by atoms with van der Waals surface area (Å²) in [6, 6.07) is 20.5. The molecule has 0 aliphatic carbocycles. The van der Waals surface area contributed by atoms with Gasteiger partial charge in [0, 0.05) is 18.0 Å². The maximum Gasteiger partial charge on any atom is 0.337 e. The van der Waals surface area contributed by atoms with Crippen LogP contribution in [0.5, 0.6) is 0 Å². The Labute approximate surface area is 185 Å². The van der Waals surface area contributed by atoms with Crippen LogP contribution in [0.3, 0.4) is 0 Å². The predicted molar refractivity (Wildman–Crippen MR) is 121 cm³/mol. The summed E-state index contributed by atoms with van der Waals surface area (Å²) in [6.07, 6.45) is 1.56. The zero-order chi connectivity index (χ0) is 21.8. The van der Waals surface area contributed by atoms with Gasteiger partial charge in [0.05, 0.1) is 18.8 Å². The second kappa shape index (κ2) is 9.15. The van der Waals surface area contributed by atoms with Crippen LogP contribution in [0.2, 0.25) is 0 Å². The van der Waals surface area contributed by atoms with E-state index in [0.717, 1.165) is 28.0 Å². The van der Waals surface area contributed by atoms with E-state index in [0.29, 0.717) is 31.2 Å². The molecule has 1 aliphatic rings. The Hall–Kier alpha value is -2.78. The Bertz CT molecular complexity index is 1190. The molecule has 1 fully saturated rings. The Kier molecular flexibility index (Phi) is 6.33. The van der Waals surface area contributed by atoms with Crippen LogP contribution in [0.1, 0.15) is 10.4 Å². The van der Waals surface area contributed by atoms with Crippen LogP contribution >= 0.6 is 11.3 Å². The van der Waals surface area contributed by atoms with Gasteiger partial charge in [0.1, 0.15) is 4.21 Å². The first-order valence-electron chi connectivity index (χ1n) is 9.74. The van der Waals surface area contributed by atoms with Crippen LogP contribution in [0.25, 0.3) is 22.8 Å². The minimum atomic E-state index is -3.66. The SMILES string of the molecule is O=C(O)/C(=C/c1ccc(-c2ccccc2)cc1)c1ccc(S(=O)(=O)N2CCOCC2)s1. The first-order chi connectivity index (χ1) is 14.9. The lowest BCUT2D eigenvalue weighted by Crippen LogP contribution is -2.40. The standard InChI is InChI=1S/C23H21NO5S2/c25-23(26)20(16-17-6-8-19(9-7-17)18-4-2-1-3-5-18)21-10-11-22(30-21)31(27,28)24-12-14-29-15-13-24/h1-11,16H,12-15H2,(H,25,26)/b20-16+. The van der Waals surface area contributed by atoms with Gasteiger partial charge in [0.15, 0.2) is 0 Å². The van der Waals surface area contributed by atoms with E-state index in [9.17, 15) is 18.3 Å². The summed E-state index contributed by atoms with van der Waals surface area (Å²) >= 11 is 0.970. The molecule has 8 heteroatoms. The van der Waals surface area contributed by atoms with Crippen LogP contribution in [0, 0.1) is 0 Å². The lowest BCUT2D eigenvalue weighted by molar-refractivity contribution is -0.130. The zero-order valence-corrected chi connectivity index (χ0v) is 18.2. The number of carboxylic acid groups (broad SMARTS) is 1. The summed E-state index contributed by atoms with van der Waals surface area (Å²) in [5, 5.41) is 9.74. The van der Waals surface area contributed by atoms with Gasteiger partial charge in [-0.2, -0.15) is 4.31 Å². The van der Waals surface area contributed by atoms with Gasteiger partial charge >= 0.3 is 5.97 Å². The quantitative estimate of drug-likeness (QED) is 0.567. The van der Waals surface area contributed by atoms with E-state index in [1.807, 2.05) is 54.6 Å². The van der Waals surface area contributed by atoms with Gasteiger partial charge in [-0.25, -0.2) is 13.2 Å². The number of carboxylic acids is 1. The molecule has 2 aromatic carbocycles. The van der Waals surface area contributed by atoms with Crippen molar-refractivity contribution < 1.29 is 23.1 Å². The molecule has 4 rings (SSSR count). The largest absolute Gasteiger partial charge is 0.478 e. The fraction of sp³-hybridized carbons (Fsp3) is 0.174. The molecule has 1 aromatic heterocycles. The monoisotopic (exact) mass is 455 g/mol. The van der Waals surface area contributed by atoms with Gasteiger partial charge in [-0.1, -0.05) is 54.6 Å². The number of ether oxygens (including phenoxy) is 1. The molecular formula is C23H21NO5S2. The molecule has 1 saturated heterocycles. The molecule has 6 nitrogen and oxygen atoms in total. The Morgan fingerprint density at radius 3 is 2.23 bits per heavy atom. The van der Waals surface area contributed by atoms with Crippen molar-refractivity contribution in [3.8, 4) is 11.1 Å². The summed E-state index contributed by atoms with van der Waals surface area (Å²) in [7, 11) is -3.66. The first kappa shape index (κ1) is 21.5. The van der Waals surface area contributed by atoms with Crippen molar-refractivity contribution in [2.75, 3.05) is 26.3 Å². The van der Waals surface area contributed by atoms with Gasteiger partial charge in [-0.05, 0) is 34.9 Å². The van der Waals surface area contributed by atoms with E-state index in [1.54, 1.807) is 12.1 Å².